The third-order valence-corrected chi connectivity index (χ3v) is 4.62. The number of Topliss-reactive ketones (excluding diaryl/α,β-unsaturated/α-hetero) is 1. The van der Waals surface area contributed by atoms with Gasteiger partial charge in [0.2, 0.25) is 5.78 Å². The summed E-state index contributed by atoms with van der Waals surface area (Å²) in [6.07, 6.45) is 8.73. The normalized spacial score (nSPS) is 19.2. The molecule has 0 bridgehead atoms. The van der Waals surface area contributed by atoms with Crippen LogP contribution in [0.4, 0.5) is 0 Å². The van der Waals surface area contributed by atoms with Crippen molar-refractivity contribution in [3.8, 4) is 0 Å². The Morgan fingerprint density at radius 2 is 2.12 bits per heavy atom. The second-order valence-corrected chi connectivity index (χ2v) is 5.79. The van der Waals surface area contributed by atoms with E-state index in [-0.39, 0.29) is 5.78 Å². The van der Waals surface area contributed by atoms with E-state index in [1.165, 1.54) is 23.3 Å². The van der Waals surface area contributed by atoms with Gasteiger partial charge in [0.25, 0.3) is 0 Å². The molecule has 90 valence electrons. The molecule has 0 saturated heterocycles. The third kappa shape index (κ3) is 2.16. The number of fused-ring (bicyclic) bond motifs is 1. The van der Waals surface area contributed by atoms with Crippen molar-refractivity contribution in [1.29, 1.82) is 0 Å². The van der Waals surface area contributed by atoms with E-state index in [1.54, 1.807) is 11.3 Å². The van der Waals surface area contributed by atoms with Gasteiger partial charge in [-0.05, 0) is 56.2 Å². The van der Waals surface area contributed by atoms with Crippen LogP contribution in [-0.4, -0.2) is 12.4 Å². The molecule has 0 saturated carbocycles. The first-order chi connectivity index (χ1) is 8.34. The molecule has 0 radical (unpaired) electrons. The van der Waals surface area contributed by atoms with Crippen molar-refractivity contribution >= 4 is 17.1 Å². The summed E-state index contributed by atoms with van der Waals surface area (Å²) in [5.74, 6) is 0.652. The lowest BCUT2D eigenvalue weighted by Gasteiger charge is -2.12. The maximum atomic E-state index is 12.2. The van der Waals surface area contributed by atoms with E-state index in [1.807, 2.05) is 6.08 Å². The van der Waals surface area contributed by atoms with E-state index in [4.69, 9.17) is 4.74 Å². The number of aryl methyl sites for hydroxylation is 2. The first kappa shape index (κ1) is 11.0. The Morgan fingerprint density at radius 3 is 2.88 bits per heavy atom. The van der Waals surface area contributed by atoms with E-state index >= 15 is 0 Å². The van der Waals surface area contributed by atoms with Gasteiger partial charge < -0.3 is 4.74 Å². The molecule has 0 fully saturated rings. The Hall–Kier alpha value is -1.09. The van der Waals surface area contributed by atoms with Crippen molar-refractivity contribution in [1.82, 2.24) is 0 Å². The maximum Gasteiger partial charge on any atom is 0.237 e. The van der Waals surface area contributed by atoms with Crippen LogP contribution in [0.1, 0.15) is 45.8 Å². The van der Waals surface area contributed by atoms with Crippen molar-refractivity contribution in [2.24, 2.45) is 0 Å². The predicted molar refractivity (Wildman–Crippen MR) is 68.6 cm³/mol. The molecule has 1 aromatic heterocycles. The van der Waals surface area contributed by atoms with Gasteiger partial charge in [0.15, 0.2) is 5.76 Å². The molecule has 0 spiro atoms. The number of ether oxygens (including phenoxy) is 1. The highest BCUT2D eigenvalue weighted by Crippen LogP contribution is 2.31. The van der Waals surface area contributed by atoms with E-state index in [2.05, 4.69) is 6.07 Å². The number of thiophene rings is 1. The van der Waals surface area contributed by atoms with Crippen LogP contribution in [0.2, 0.25) is 0 Å². The highest BCUT2D eigenvalue weighted by atomic mass is 32.1. The zero-order valence-corrected chi connectivity index (χ0v) is 10.6. The molecule has 2 aliphatic rings. The summed E-state index contributed by atoms with van der Waals surface area (Å²) in [5, 5.41) is 0. The Balaban J connectivity index is 1.86. The van der Waals surface area contributed by atoms with E-state index in [0.29, 0.717) is 12.4 Å². The molecule has 1 aliphatic heterocycles. The molecule has 1 aromatic rings. The first-order valence-corrected chi connectivity index (χ1v) is 7.15. The average molecular weight is 248 g/mol. The SMILES string of the molecule is O=C(C1=CCCCO1)c1cc2c(s1)CCCC2. The fourth-order valence-electron chi connectivity index (χ4n) is 2.44. The lowest BCUT2D eigenvalue weighted by molar-refractivity contribution is 0.0903. The van der Waals surface area contributed by atoms with E-state index in [0.717, 1.165) is 30.6 Å². The van der Waals surface area contributed by atoms with Gasteiger partial charge in [0.05, 0.1) is 11.5 Å². The second kappa shape index (κ2) is 4.65. The summed E-state index contributed by atoms with van der Waals surface area (Å²) in [5.41, 5.74) is 1.39. The van der Waals surface area contributed by atoms with Crippen molar-refractivity contribution < 1.29 is 9.53 Å². The van der Waals surface area contributed by atoms with Crippen molar-refractivity contribution in [3.63, 3.8) is 0 Å². The Morgan fingerprint density at radius 1 is 1.24 bits per heavy atom. The molecule has 2 heterocycles. The minimum absolute atomic E-state index is 0.0871. The Labute approximate surface area is 105 Å². The standard InChI is InChI=1S/C14H16O2S/c15-14(11-6-3-4-8-16-11)13-9-10-5-1-2-7-12(10)17-13/h6,9H,1-5,7-8H2. The number of hydrogen-bond donors (Lipinski definition) is 0. The third-order valence-electron chi connectivity index (χ3n) is 3.38. The van der Waals surface area contributed by atoms with Gasteiger partial charge in [-0.1, -0.05) is 0 Å². The summed E-state index contributed by atoms with van der Waals surface area (Å²) < 4.78 is 5.44. The van der Waals surface area contributed by atoms with Crippen LogP contribution in [0.5, 0.6) is 0 Å². The number of rotatable bonds is 2. The molecule has 0 aromatic carbocycles. The average Bonchev–Trinajstić information content (AvgIpc) is 2.82. The molecule has 3 heteroatoms. The van der Waals surface area contributed by atoms with Crippen LogP contribution in [0, 0.1) is 0 Å². The lowest BCUT2D eigenvalue weighted by Crippen LogP contribution is -2.10. The molecule has 17 heavy (non-hydrogen) atoms. The van der Waals surface area contributed by atoms with Crippen LogP contribution >= 0.6 is 11.3 Å². The highest BCUT2D eigenvalue weighted by Gasteiger charge is 2.21. The minimum Gasteiger partial charge on any atom is -0.490 e. The predicted octanol–water partition coefficient (Wildman–Crippen LogP) is 3.50. The summed E-state index contributed by atoms with van der Waals surface area (Å²) in [4.78, 5) is 14.5. The van der Waals surface area contributed by atoms with E-state index < -0.39 is 0 Å². The number of allylic oxidation sites excluding steroid dienone is 2. The maximum absolute atomic E-state index is 12.2. The number of carbonyl (C=O) groups excluding carboxylic acids is 1. The highest BCUT2D eigenvalue weighted by molar-refractivity contribution is 7.14. The largest absolute Gasteiger partial charge is 0.490 e. The number of carbonyl (C=O) groups is 1. The Bertz CT molecular complexity index is 447. The smallest absolute Gasteiger partial charge is 0.237 e. The molecular weight excluding hydrogens is 232 g/mol. The van der Waals surface area contributed by atoms with Crippen LogP contribution < -0.4 is 0 Å². The molecule has 1 aliphatic carbocycles. The van der Waals surface area contributed by atoms with E-state index in [9.17, 15) is 4.79 Å². The van der Waals surface area contributed by atoms with Crippen LogP contribution in [0.3, 0.4) is 0 Å². The summed E-state index contributed by atoms with van der Waals surface area (Å²) >= 11 is 1.67. The fraction of sp³-hybridized carbons (Fsp3) is 0.500. The van der Waals surface area contributed by atoms with Gasteiger partial charge in [-0.2, -0.15) is 0 Å². The molecular formula is C14H16O2S. The lowest BCUT2D eigenvalue weighted by atomic mass is 9.99. The molecule has 3 rings (SSSR count). The van der Waals surface area contributed by atoms with Gasteiger partial charge in [0, 0.05) is 4.88 Å². The van der Waals surface area contributed by atoms with Crippen LogP contribution in [-0.2, 0) is 17.6 Å². The van der Waals surface area contributed by atoms with Gasteiger partial charge in [-0.15, -0.1) is 11.3 Å². The summed E-state index contributed by atoms with van der Waals surface area (Å²) in [7, 11) is 0. The van der Waals surface area contributed by atoms with Crippen molar-refractivity contribution in [2.45, 2.75) is 38.5 Å². The number of ketones is 1. The molecule has 0 unspecified atom stereocenters. The molecule has 0 N–H and O–H groups in total. The minimum atomic E-state index is 0.0871. The van der Waals surface area contributed by atoms with Crippen molar-refractivity contribution in [3.05, 3.63) is 33.2 Å². The molecule has 0 atom stereocenters. The van der Waals surface area contributed by atoms with Gasteiger partial charge >= 0.3 is 0 Å². The summed E-state index contributed by atoms with van der Waals surface area (Å²) in [6.45, 7) is 0.683. The molecule has 2 nitrogen and oxygen atoms in total. The molecule has 0 amide bonds. The quantitative estimate of drug-likeness (QED) is 0.749. The van der Waals surface area contributed by atoms with Gasteiger partial charge in [-0.3, -0.25) is 4.79 Å². The monoisotopic (exact) mass is 248 g/mol. The Kier molecular flexibility index (Phi) is 3.02. The zero-order valence-electron chi connectivity index (χ0n) is 9.83. The van der Waals surface area contributed by atoms with Gasteiger partial charge in [-0.25, -0.2) is 0 Å². The van der Waals surface area contributed by atoms with Gasteiger partial charge in [0.1, 0.15) is 0 Å². The fourth-order valence-corrected chi connectivity index (χ4v) is 3.64. The zero-order chi connectivity index (χ0) is 11.7. The summed E-state index contributed by atoms with van der Waals surface area (Å²) in [6, 6.07) is 2.08. The number of hydrogen-bond acceptors (Lipinski definition) is 3. The van der Waals surface area contributed by atoms with Crippen LogP contribution in [0.15, 0.2) is 17.9 Å². The second-order valence-electron chi connectivity index (χ2n) is 4.65. The first-order valence-electron chi connectivity index (χ1n) is 6.34. The van der Waals surface area contributed by atoms with Crippen LogP contribution in [0.25, 0.3) is 0 Å². The van der Waals surface area contributed by atoms with Crippen molar-refractivity contribution in [2.75, 3.05) is 6.61 Å². The topological polar surface area (TPSA) is 26.3 Å².